The Hall–Kier alpha value is -1.23. The highest BCUT2D eigenvalue weighted by Gasteiger charge is 2.33. The molecular formula is C13H24N4O. The Morgan fingerprint density at radius 2 is 2.17 bits per heavy atom. The first kappa shape index (κ1) is 13.2. The van der Waals surface area contributed by atoms with Gasteiger partial charge in [-0.1, -0.05) is 0 Å². The quantitative estimate of drug-likeness (QED) is 0.872. The second kappa shape index (κ2) is 4.46. The molecule has 5 heteroatoms. The summed E-state index contributed by atoms with van der Waals surface area (Å²) in [6, 6.07) is 0. The lowest BCUT2D eigenvalue weighted by atomic mass is 10.1. The molecule has 5 nitrogen and oxygen atoms in total. The van der Waals surface area contributed by atoms with E-state index in [0.29, 0.717) is 0 Å². The number of nitrogens with two attached hydrogens (primary N) is 1. The van der Waals surface area contributed by atoms with Gasteiger partial charge < -0.3 is 15.4 Å². The van der Waals surface area contributed by atoms with Crippen molar-refractivity contribution in [3.63, 3.8) is 0 Å². The zero-order chi connectivity index (χ0) is 13.5. The molecule has 2 heterocycles. The minimum atomic E-state index is -0.152. The van der Waals surface area contributed by atoms with Crippen molar-refractivity contribution in [2.75, 3.05) is 23.7 Å². The van der Waals surface area contributed by atoms with Gasteiger partial charge in [-0.2, -0.15) is 5.10 Å². The van der Waals surface area contributed by atoms with E-state index in [-0.39, 0.29) is 11.7 Å². The summed E-state index contributed by atoms with van der Waals surface area (Å²) in [5.41, 5.74) is 7.73. The van der Waals surface area contributed by atoms with Crippen molar-refractivity contribution in [1.82, 2.24) is 9.78 Å². The molecule has 0 saturated carbocycles. The largest absolute Gasteiger partial charge is 0.394 e. The monoisotopic (exact) mass is 252 g/mol. The van der Waals surface area contributed by atoms with Crippen molar-refractivity contribution in [1.29, 1.82) is 0 Å². The van der Waals surface area contributed by atoms with Crippen LogP contribution in [0.5, 0.6) is 0 Å². The zero-order valence-corrected chi connectivity index (χ0v) is 12.0. The van der Waals surface area contributed by atoms with Crippen LogP contribution in [0.2, 0.25) is 0 Å². The fraction of sp³-hybridized carbons (Fsp3) is 0.769. The predicted octanol–water partition coefficient (Wildman–Crippen LogP) is 1.80. The van der Waals surface area contributed by atoms with E-state index >= 15 is 0 Å². The minimum absolute atomic E-state index is 0.152. The molecule has 1 saturated heterocycles. The van der Waals surface area contributed by atoms with E-state index in [4.69, 9.17) is 10.5 Å². The zero-order valence-electron chi connectivity index (χ0n) is 12.0. The Balaban J connectivity index is 2.36. The lowest BCUT2D eigenvalue weighted by molar-refractivity contribution is -0.0753. The number of ether oxygens (including phenoxy) is 1. The average Bonchev–Trinajstić information content (AvgIpc) is 2.52. The van der Waals surface area contributed by atoms with Crippen LogP contribution >= 0.6 is 0 Å². The number of anilines is 2. The van der Waals surface area contributed by atoms with Gasteiger partial charge in [-0.05, 0) is 34.6 Å². The summed E-state index contributed by atoms with van der Waals surface area (Å²) < 4.78 is 7.92. The summed E-state index contributed by atoms with van der Waals surface area (Å²) in [7, 11) is 0. The Kier molecular flexibility index (Phi) is 3.27. The molecule has 1 atom stereocenters. The smallest absolute Gasteiger partial charge is 0.150 e. The summed E-state index contributed by atoms with van der Waals surface area (Å²) in [6.07, 6.45) is 0.202. The highest BCUT2D eigenvalue weighted by atomic mass is 16.5. The van der Waals surface area contributed by atoms with E-state index < -0.39 is 0 Å². The first-order valence-electron chi connectivity index (χ1n) is 6.59. The Bertz CT molecular complexity index is 438. The van der Waals surface area contributed by atoms with E-state index in [9.17, 15) is 0 Å². The topological polar surface area (TPSA) is 56.3 Å². The van der Waals surface area contributed by atoms with Gasteiger partial charge in [0.1, 0.15) is 0 Å². The SMILES string of the molecule is CCn1nc(C)c(N)c1N1CC(C)OC(C)(C)C1. The van der Waals surface area contributed by atoms with Crippen LogP contribution in [-0.2, 0) is 11.3 Å². The van der Waals surface area contributed by atoms with E-state index in [1.807, 2.05) is 11.6 Å². The summed E-state index contributed by atoms with van der Waals surface area (Å²) in [5, 5.41) is 4.49. The third-order valence-corrected chi connectivity index (χ3v) is 3.31. The van der Waals surface area contributed by atoms with Crippen molar-refractivity contribution in [2.24, 2.45) is 0 Å². The number of rotatable bonds is 2. The number of hydrogen-bond donors (Lipinski definition) is 1. The number of hydrogen-bond acceptors (Lipinski definition) is 4. The van der Waals surface area contributed by atoms with Crippen LogP contribution in [-0.4, -0.2) is 34.6 Å². The van der Waals surface area contributed by atoms with Crippen molar-refractivity contribution < 1.29 is 4.74 Å². The van der Waals surface area contributed by atoms with Gasteiger partial charge in [-0.3, -0.25) is 0 Å². The maximum absolute atomic E-state index is 6.18. The minimum Gasteiger partial charge on any atom is -0.394 e. The molecular weight excluding hydrogens is 228 g/mol. The first-order valence-corrected chi connectivity index (χ1v) is 6.59. The van der Waals surface area contributed by atoms with E-state index in [2.05, 4.69) is 37.7 Å². The normalized spacial score (nSPS) is 23.4. The van der Waals surface area contributed by atoms with Gasteiger partial charge in [-0.15, -0.1) is 0 Å². The maximum atomic E-state index is 6.18. The highest BCUT2D eigenvalue weighted by molar-refractivity contribution is 5.66. The Morgan fingerprint density at radius 1 is 1.50 bits per heavy atom. The van der Waals surface area contributed by atoms with Crippen LogP contribution < -0.4 is 10.6 Å². The molecule has 0 aromatic carbocycles. The van der Waals surface area contributed by atoms with Crippen molar-refractivity contribution in [2.45, 2.75) is 52.9 Å². The lowest BCUT2D eigenvalue weighted by Crippen LogP contribution is -2.52. The number of aromatic nitrogens is 2. The Morgan fingerprint density at radius 3 is 2.72 bits per heavy atom. The molecule has 18 heavy (non-hydrogen) atoms. The van der Waals surface area contributed by atoms with Gasteiger partial charge in [-0.25, -0.2) is 4.68 Å². The summed E-state index contributed by atoms with van der Waals surface area (Å²) >= 11 is 0. The molecule has 1 aromatic rings. The molecule has 102 valence electrons. The van der Waals surface area contributed by atoms with Gasteiger partial charge in [0.25, 0.3) is 0 Å². The molecule has 0 aliphatic carbocycles. The first-order chi connectivity index (χ1) is 8.34. The van der Waals surface area contributed by atoms with Crippen LogP contribution in [0.1, 0.15) is 33.4 Å². The van der Waals surface area contributed by atoms with E-state index in [0.717, 1.165) is 36.8 Å². The Labute approximate surface area is 109 Å². The van der Waals surface area contributed by atoms with Crippen LogP contribution in [0.15, 0.2) is 0 Å². The molecule has 0 bridgehead atoms. The van der Waals surface area contributed by atoms with Gasteiger partial charge >= 0.3 is 0 Å². The van der Waals surface area contributed by atoms with E-state index in [1.54, 1.807) is 0 Å². The average molecular weight is 252 g/mol. The van der Waals surface area contributed by atoms with Gasteiger partial charge in [0.15, 0.2) is 5.82 Å². The number of morpholine rings is 1. The van der Waals surface area contributed by atoms with Gasteiger partial charge in [0.2, 0.25) is 0 Å². The third kappa shape index (κ3) is 2.32. The third-order valence-electron chi connectivity index (χ3n) is 3.31. The number of aryl methyl sites for hydroxylation is 2. The molecule has 1 aliphatic heterocycles. The standard InChI is InChI=1S/C13H24N4O/c1-6-17-12(11(14)10(3)15-17)16-7-9(2)18-13(4,5)8-16/h9H,6-8,14H2,1-5H3. The predicted molar refractivity (Wildman–Crippen MR) is 73.9 cm³/mol. The highest BCUT2D eigenvalue weighted by Crippen LogP contribution is 2.31. The number of nitrogen functional groups attached to an aromatic ring is 1. The van der Waals surface area contributed by atoms with Crippen LogP contribution in [0, 0.1) is 6.92 Å². The fourth-order valence-electron chi connectivity index (χ4n) is 2.75. The molecule has 0 amide bonds. The van der Waals surface area contributed by atoms with Crippen molar-refractivity contribution in [3.8, 4) is 0 Å². The van der Waals surface area contributed by atoms with Crippen molar-refractivity contribution in [3.05, 3.63) is 5.69 Å². The van der Waals surface area contributed by atoms with Gasteiger partial charge in [0.05, 0.1) is 23.1 Å². The molecule has 2 rings (SSSR count). The summed E-state index contributed by atoms with van der Waals surface area (Å²) in [5.74, 6) is 1.04. The molecule has 1 unspecified atom stereocenters. The molecule has 2 N–H and O–H groups in total. The molecule has 1 aliphatic rings. The van der Waals surface area contributed by atoms with Crippen LogP contribution in [0.3, 0.4) is 0 Å². The molecule has 0 radical (unpaired) electrons. The van der Waals surface area contributed by atoms with E-state index in [1.165, 1.54) is 0 Å². The van der Waals surface area contributed by atoms with Gasteiger partial charge in [0, 0.05) is 19.6 Å². The summed E-state index contributed by atoms with van der Waals surface area (Å²) in [4.78, 5) is 2.30. The number of nitrogens with zero attached hydrogens (tertiary/aromatic N) is 3. The fourth-order valence-corrected chi connectivity index (χ4v) is 2.75. The maximum Gasteiger partial charge on any atom is 0.150 e. The van der Waals surface area contributed by atoms with Crippen LogP contribution in [0.4, 0.5) is 11.5 Å². The second-order valence-electron chi connectivity index (χ2n) is 5.71. The molecule has 1 fully saturated rings. The summed E-state index contributed by atoms with van der Waals surface area (Å²) in [6.45, 7) is 12.9. The second-order valence-corrected chi connectivity index (χ2v) is 5.71. The molecule has 1 aromatic heterocycles. The lowest BCUT2D eigenvalue weighted by Gasteiger charge is -2.42. The molecule has 0 spiro atoms. The van der Waals surface area contributed by atoms with Crippen LogP contribution in [0.25, 0.3) is 0 Å². The van der Waals surface area contributed by atoms with Crippen molar-refractivity contribution >= 4 is 11.5 Å².